The largest absolute Gasteiger partial charge is 0.380 e. The van der Waals surface area contributed by atoms with Gasteiger partial charge in [0.15, 0.2) is 0 Å². The lowest BCUT2D eigenvalue weighted by Gasteiger charge is -2.26. The molecule has 2 aromatic rings. The van der Waals surface area contributed by atoms with E-state index in [1.165, 1.54) is 22.5 Å². The van der Waals surface area contributed by atoms with Gasteiger partial charge in [-0.3, -0.25) is 0 Å². The van der Waals surface area contributed by atoms with E-state index in [1.54, 1.807) is 0 Å². The zero-order chi connectivity index (χ0) is 14.9. The Balaban J connectivity index is 1.67. The minimum atomic E-state index is -1.00. The molecule has 0 unspecified atom stereocenters. The molecule has 0 N–H and O–H groups in total. The van der Waals surface area contributed by atoms with Crippen molar-refractivity contribution in [2.45, 2.75) is 38.3 Å². The van der Waals surface area contributed by atoms with Crippen LogP contribution in [0.15, 0.2) is 30.5 Å². The fraction of sp³-hybridized carbons (Fsp3) is 0.529. The molecule has 1 aliphatic heterocycles. The molecular formula is C17H25NO2Si. The molecule has 114 valence electrons. The lowest BCUT2D eigenvalue weighted by Crippen LogP contribution is -2.25. The van der Waals surface area contributed by atoms with Crippen LogP contribution in [-0.4, -0.2) is 32.5 Å². The van der Waals surface area contributed by atoms with E-state index in [0.717, 1.165) is 19.8 Å². The van der Waals surface area contributed by atoms with Gasteiger partial charge in [-0.2, -0.15) is 0 Å². The summed E-state index contributed by atoms with van der Waals surface area (Å²) in [6, 6.07) is 10.1. The van der Waals surface area contributed by atoms with Crippen LogP contribution in [0.4, 0.5) is 0 Å². The van der Waals surface area contributed by atoms with Crippen molar-refractivity contribution in [1.29, 1.82) is 0 Å². The summed E-state index contributed by atoms with van der Waals surface area (Å²) in [5, 5.41) is 1.28. The normalized spacial score (nSPS) is 16.3. The predicted molar refractivity (Wildman–Crippen MR) is 89.6 cm³/mol. The van der Waals surface area contributed by atoms with E-state index in [-0.39, 0.29) is 0 Å². The summed E-state index contributed by atoms with van der Waals surface area (Å²) in [5.74, 6) is 0.575. The topological polar surface area (TPSA) is 23.4 Å². The number of ether oxygens (including phenoxy) is 2. The van der Waals surface area contributed by atoms with E-state index in [4.69, 9.17) is 9.47 Å². The quantitative estimate of drug-likeness (QED) is 0.593. The van der Waals surface area contributed by atoms with Crippen LogP contribution in [0.25, 0.3) is 10.9 Å². The molecule has 0 aliphatic carbocycles. The van der Waals surface area contributed by atoms with E-state index in [0.29, 0.717) is 12.6 Å². The highest BCUT2D eigenvalue weighted by atomic mass is 28.3. The van der Waals surface area contributed by atoms with Gasteiger partial charge in [0.05, 0.1) is 18.7 Å². The molecule has 0 saturated carbocycles. The van der Waals surface area contributed by atoms with Crippen LogP contribution >= 0.6 is 0 Å². The fourth-order valence-corrected chi connectivity index (χ4v) is 3.29. The van der Waals surface area contributed by atoms with Gasteiger partial charge in [0.25, 0.3) is 0 Å². The lowest BCUT2D eigenvalue weighted by atomic mass is 9.97. The van der Waals surface area contributed by atoms with Crippen molar-refractivity contribution in [2.75, 3.05) is 19.8 Å². The van der Waals surface area contributed by atoms with E-state index in [1.807, 2.05) is 0 Å². The van der Waals surface area contributed by atoms with Crippen LogP contribution in [-0.2, 0) is 16.2 Å². The summed E-state index contributed by atoms with van der Waals surface area (Å²) in [6.45, 7) is 10.4. The summed E-state index contributed by atoms with van der Waals surface area (Å²) in [5.41, 5.74) is 2.66. The molecule has 2 heterocycles. The Hall–Kier alpha value is -1.10. The summed E-state index contributed by atoms with van der Waals surface area (Å²) < 4.78 is 13.4. The minimum Gasteiger partial charge on any atom is -0.380 e. The summed E-state index contributed by atoms with van der Waals surface area (Å²) >= 11 is 0. The van der Waals surface area contributed by atoms with Gasteiger partial charge >= 0.3 is 0 Å². The minimum absolute atomic E-state index is 0.575. The molecule has 0 radical (unpaired) electrons. The number of rotatable bonds is 6. The zero-order valence-electron chi connectivity index (χ0n) is 13.3. The number of hydrogen-bond donors (Lipinski definition) is 0. The molecule has 1 fully saturated rings. The van der Waals surface area contributed by atoms with Gasteiger partial charge in [-0.15, -0.1) is 0 Å². The van der Waals surface area contributed by atoms with Crippen LogP contribution < -0.4 is 0 Å². The monoisotopic (exact) mass is 303 g/mol. The average molecular weight is 303 g/mol. The Morgan fingerprint density at radius 1 is 1.24 bits per heavy atom. The van der Waals surface area contributed by atoms with Crippen LogP contribution in [0.2, 0.25) is 25.7 Å². The SMILES string of the molecule is C[Si](C)(C)CCOCn1ccc2ccc(C3COC3)cc21. The third-order valence-corrected chi connectivity index (χ3v) is 5.84. The highest BCUT2D eigenvalue weighted by Gasteiger charge is 2.21. The van der Waals surface area contributed by atoms with Crippen molar-refractivity contribution in [1.82, 2.24) is 4.57 Å². The highest BCUT2D eigenvalue weighted by molar-refractivity contribution is 6.76. The molecule has 0 amide bonds. The molecular weight excluding hydrogens is 278 g/mol. The number of fused-ring (bicyclic) bond motifs is 1. The third-order valence-electron chi connectivity index (χ3n) is 4.13. The first-order chi connectivity index (χ1) is 10.0. The maximum atomic E-state index is 5.88. The Bertz CT molecular complexity index is 611. The second-order valence-corrected chi connectivity index (χ2v) is 12.8. The zero-order valence-corrected chi connectivity index (χ0v) is 14.3. The van der Waals surface area contributed by atoms with E-state index in [2.05, 4.69) is 54.7 Å². The molecule has 0 atom stereocenters. The number of hydrogen-bond acceptors (Lipinski definition) is 2. The van der Waals surface area contributed by atoms with Crippen molar-refractivity contribution in [3.63, 3.8) is 0 Å². The van der Waals surface area contributed by atoms with Crippen molar-refractivity contribution in [2.24, 2.45) is 0 Å². The van der Waals surface area contributed by atoms with Gasteiger partial charge in [0.2, 0.25) is 0 Å². The average Bonchev–Trinajstić information content (AvgIpc) is 2.74. The Labute approximate surface area is 127 Å². The standard InChI is InChI=1S/C17H25NO2Si/c1-21(2,3)9-8-19-13-18-7-6-14-4-5-15(10-17(14)18)16-11-20-12-16/h4-7,10,16H,8-9,11-13H2,1-3H3. The molecule has 0 bridgehead atoms. The summed E-state index contributed by atoms with van der Waals surface area (Å²) in [4.78, 5) is 0. The van der Waals surface area contributed by atoms with Gasteiger partial charge in [-0.05, 0) is 29.1 Å². The Morgan fingerprint density at radius 3 is 2.71 bits per heavy atom. The van der Waals surface area contributed by atoms with Crippen LogP contribution in [0.5, 0.6) is 0 Å². The first kappa shape index (κ1) is 14.8. The van der Waals surface area contributed by atoms with E-state index >= 15 is 0 Å². The molecule has 3 nitrogen and oxygen atoms in total. The maximum Gasteiger partial charge on any atom is 0.122 e. The molecule has 1 aliphatic rings. The van der Waals surface area contributed by atoms with Crippen molar-refractivity contribution in [3.05, 3.63) is 36.0 Å². The number of aromatic nitrogens is 1. The maximum absolute atomic E-state index is 5.88. The Morgan fingerprint density at radius 2 is 2.05 bits per heavy atom. The molecule has 4 heteroatoms. The van der Waals surface area contributed by atoms with E-state index in [9.17, 15) is 0 Å². The fourth-order valence-electron chi connectivity index (χ4n) is 2.54. The Kier molecular flexibility index (Phi) is 4.20. The van der Waals surface area contributed by atoms with Crippen LogP contribution in [0, 0.1) is 0 Å². The van der Waals surface area contributed by atoms with Crippen LogP contribution in [0.3, 0.4) is 0 Å². The van der Waals surface area contributed by atoms with Crippen LogP contribution in [0.1, 0.15) is 11.5 Å². The lowest BCUT2D eigenvalue weighted by molar-refractivity contribution is 0.00845. The predicted octanol–water partition coefficient (Wildman–Crippen LogP) is 4.07. The molecule has 0 spiro atoms. The van der Waals surface area contributed by atoms with Crippen molar-refractivity contribution >= 4 is 19.0 Å². The molecule has 1 aromatic heterocycles. The second-order valence-electron chi connectivity index (χ2n) is 7.19. The van der Waals surface area contributed by atoms with Gasteiger partial charge < -0.3 is 14.0 Å². The highest BCUT2D eigenvalue weighted by Crippen LogP contribution is 2.27. The number of benzene rings is 1. The van der Waals surface area contributed by atoms with Crippen molar-refractivity contribution in [3.8, 4) is 0 Å². The summed E-state index contributed by atoms with van der Waals surface area (Å²) in [7, 11) is -1.00. The first-order valence-corrected chi connectivity index (χ1v) is 11.5. The number of nitrogens with zero attached hydrogens (tertiary/aromatic N) is 1. The molecule has 21 heavy (non-hydrogen) atoms. The smallest absolute Gasteiger partial charge is 0.122 e. The molecule has 1 saturated heterocycles. The molecule has 3 rings (SSSR count). The molecule has 1 aromatic carbocycles. The van der Waals surface area contributed by atoms with Gasteiger partial charge in [-0.1, -0.05) is 31.8 Å². The van der Waals surface area contributed by atoms with Gasteiger partial charge in [-0.25, -0.2) is 0 Å². The van der Waals surface area contributed by atoms with Crippen molar-refractivity contribution < 1.29 is 9.47 Å². The first-order valence-electron chi connectivity index (χ1n) is 7.77. The van der Waals surface area contributed by atoms with E-state index < -0.39 is 8.07 Å². The second kappa shape index (κ2) is 5.95. The third kappa shape index (κ3) is 3.57. The van der Waals surface area contributed by atoms with Gasteiger partial charge in [0.1, 0.15) is 6.73 Å². The van der Waals surface area contributed by atoms with Gasteiger partial charge in [0, 0.05) is 26.8 Å². The summed E-state index contributed by atoms with van der Waals surface area (Å²) in [6.07, 6.45) is 2.13.